The highest BCUT2D eigenvalue weighted by Crippen LogP contribution is 2.37. The fourth-order valence-electron chi connectivity index (χ4n) is 1.03. The number of aliphatic imine (C=N–C) groups is 1. The van der Waals surface area contributed by atoms with E-state index in [0.29, 0.717) is 0 Å². The van der Waals surface area contributed by atoms with Crippen LogP contribution in [0, 0.1) is 0 Å². The van der Waals surface area contributed by atoms with E-state index in [1.165, 1.54) is 0 Å². The summed E-state index contributed by atoms with van der Waals surface area (Å²) in [5.41, 5.74) is 0.270. The Bertz CT molecular complexity index is 230. The van der Waals surface area contributed by atoms with Gasteiger partial charge in [0.1, 0.15) is 0 Å². The minimum absolute atomic E-state index is 0.270. The van der Waals surface area contributed by atoms with Crippen molar-refractivity contribution in [1.82, 2.24) is 14.7 Å². The number of amidine groups is 1. The second-order valence-corrected chi connectivity index (χ2v) is 6.33. The number of rotatable bonds is 4. The van der Waals surface area contributed by atoms with Crippen molar-refractivity contribution in [1.29, 1.82) is 0 Å². The lowest BCUT2D eigenvalue weighted by molar-refractivity contribution is 0.355. The third-order valence-corrected chi connectivity index (χ3v) is 4.69. The second kappa shape index (κ2) is 5.98. The van der Waals surface area contributed by atoms with Crippen LogP contribution in [0.2, 0.25) is 0 Å². The van der Waals surface area contributed by atoms with E-state index in [-0.39, 0.29) is 5.50 Å². The molecule has 1 aliphatic rings. The van der Waals surface area contributed by atoms with Gasteiger partial charge in [0.15, 0.2) is 10.7 Å². The molecule has 0 saturated carbocycles. The van der Waals surface area contributed by atoms with Crippen LogP contribution in [0.25, 0.3) is 0 Å². The van der Waals surface area contributed by atoms with Gasteiger partial charge >= 0.3 is 0 Å². The van der Waals surface area contributed by atoms with Crippen molar-refractivity contribution >= 4 is 26.8 Å². The van der Waals surface area contributed by atoms with Crippen LogP contribution >= 0.6 is 21.6 Å². The van der Waals surface area contributed by atoms with Crippen LogP contribution in [-0.4, -0.2) is 73.7 Å². The second-order valence-electron chi connectivity index (χ2n) is 4.11. The lowest BCUT2D eigenvalue weighted by atomic mass is 10.5. The Hall–Kier alpha value is 0.0900. The molecule has 0 aromatic heterocycles. The average molecular weight is 248 g/mol. The molecular weight excluding hydrogens is 228 g/mol. The molecule has 1 heterocycles. The fourth-order valence-corrected chi connectivity index (χ4v) is 3.62. The van der Waals surface area contributed by atoms with Gasteiger partial charge in [-0.15, -0.1) is 0 Å². The molecule has 0 amide bonds. The molecule has 0 radical (unpaired) electrons. The average Bonchev–Trinajstić information content (AvgIpc) is 2.62. The lowest BCUT2D eigenvalue weighted by Gasteiger charge is -2.19. The van der Waals surface area contributed by atoms with Gasteiger partial charge in [-0.05, 0) is 49.8 Å². The molecule has 1 atom stereocenters. The van der Waals surface area contributed by atoms with Gasteiger partial charge in [0.2, 0.25) is 0 Å². The van der Waals surface area contributed by atoms with E-state index in [2.05, 4.69) is 54.9 Å². The van der Waals surface area contributed by atoms with Crippen molar-refractivity contribution in [3.05, 3.63) is 0 Å². The van der Waals surface area contributed by atoms with Gasteiger partial charge in [-0.25, -0.2) is 4.99 Å². The summed E-state index contributed by atoms with van der Waals surface area (Å²) in [4.78, 5) is 11.2. The third-order valence-electron chi connectivity index (χ3n) is 2.08. The minimum Gasteiger partial charge on any atom is -0.353 e. The van der Waals surface area contributed by atoms with Crippen LogP contribution < -0.4 is 0 Å². The maximum absolute atomic E-state index is 4.64. The predicted molar refractivity (Wildman–Crippen MR) is 71.3 cm³/mol. The smallest absolute Gasteiger partial charge is 0.172 e. The predicted octanol–water partition coefficient (Wildman–Crippen LogP) is 1.08. The van der Waals surface area contributed by atoms with Crippen LogP contribution in [0.4, 0.5) is 0 Å². The Balaban J connectivity index is 2.40. The van der Waals surface area contributed by atoms with Crippen molar-refractivity contribution < 1.29 is 0 Å². The summed E-state index contributed by atoms with van der Waals surface area (Å²) in [7, 11) is 14.0. The fraction of sp³-hybridized carbons (Fsp3) is 0.889. The first kappa shape index (κ1) is 13.2. The normalized spacial score (nSPS) is 21.3. The van der Waals surface area contributed by atoms with E-state index in [0.717, 1.165) is 18.3 Å². The van der Waals surface area contributed by atoms with E-state index in [1.807, 2.05) is 0 Å². The largest absolute Gasteiger partial charge is 0.353 e. The summed E-state index contributed by atoms with van der Waals surface area (Å²) in [5.74, 6) is 0. The van der Waals surface area contributed by atoms with Gasteiger partial charge in [0, 0.05) is 20.1 Å². The number of hydrogen-bond donors (Lipinski definition) is 0. The lowest BCUT2D eigenvalue weighted by Crippen LogP contribution is -2.31. The molecule has 0 spiro atoms. The molecule has 0 aromatic rings. The van der Waals surface area contributed by atoms with Crippen LogP contribution in [0.15, 0.2) is 4.99 Å². The molecule has 0 bridgehead atoms. The molecule has 0 N–H and O–H groups in total. The summed E-state index contributed by atoms with van der Waals surface area (Å²) in [5, 5.41) is 1.14. The van der Waals surface area contributed by atoms with Crippen molar-refractivity contribution in [2.75, 3.05) is 48.3 Å². The Morgan fingerprint density at radius 1 is 1.13 bits per heavy atom. The first-order chi connectivity index (χ1) is 7.00. The first-order valence-corrected chi connectivity index (χ1v) is 7.15. The highest BCUT2D eigenvalue weighted by atomic mass is 33.1. The highest BCUT2D eigenvalue weighted by molar-refractivity contribution is 8.82. The number of nitrogens with zero attached hydrogens (tertiary/aromatic N) is 4. The molecule has 4 nitrogen and oxygen atoms in total. The summed E-state index contributed by atoms with van der Waals surface area (Å²) in [6.45, 7) is 2.09. The van der Waals surface area contributed by atoms with E-state index in [1.54, 1.807) is 21.6 Å². The van der Waals surface area contributed by atoms with Gasteiger partial charge in [-0.2, -0.15) is 0 Å². The Kier molecular flexibility index (Phi) is 5.25. The summed E-state index contributed by atoms with van der Waals surface area (Å²) < 4.78 is 0. The Labute approximate surface area is 100 Å². The van der Waals surface area contributed by atoms with Crippen molar-refractivity contribution in [3.8, 4) is 0 Å². The molecule has 1 aliphatic heterocycles. The molecule has 1 unspecified atom stereocenters. The van der Waals surface area contributed by atoms with E-state index in [4.69, 9.17) is 0 Å². The Morgan fingerprint density at radius 3 is 2.27 bits per heavy atom. The van der Waals surface area contributed by atoms with Crippen molar-refractivity contribution in [3.63, 3.8) is 0 Å². The quantitative estimate of drug-likeness (QED) is 0.692. The van der Waals surface area contributed by atoms with Gasteiger partial charge in [0.05, 0.1) is 0 Å². The summed E-state index contributed by atoms with van der Waals surface area (Å²) in [6.07, 6.45) is 0. The van der Waals surface area contributed by atoms with E-state index < -0.39 is 0 Å². The van der Waals surface area contributed by atoms with Crippen molar-refractivity contribution in [2.24, 2.45) is 4.99 Å². The molecule has 0 fully saturated rings. The molecular formula is C9H20N4S2. The maximum atomic E-state index is 4.64. The molecule has 1 rings (SSSR count). The van der Waals surface area contributed by atoms with E-state index >= 15 is 0 Å². The zero-order valence-corrected chi connectivity index (χ0v) is 11.7. The van der Waals surface area contributed by atoms with Crippen molar-refractivity contribution in [2.45, 2.75) is 5.50 Å². The molecule has 6 heteroatoms. The number of likely N-dealkylation sites (N-methyl/N-ethyl adjacent to an activating group) is 2. The van der Waals surface area contributed by atoms with Crippen LogP contribution in [-0.2, 0) is 0 Å². The molecule has 88 valence electrons. The van der Waals surface area contributed by atoms with Gasteiger partial charge in [0.25, 0.3) is 0 Å². The van der Waals surface area contributed by atoms with E-state index in [9.17, 15) is 0 Å². The van der Waals surface area contributed by atoms with Gasteiger partial charge < -0.3 is 9.80 Å². The zero-order chi connectivity index (χ0) is 11.4. The zero-order valence-electron chi connectivity index (χ0n) is 10.1. The maximum Gasteiger partial charge on any atom is 0.172 e. The summed E-state index contributed by atoms with van der Waals surface area (Å²) >= 11 is 0. The topological polar surface area (TPSA) is 22.1 Å². The molecule has 0 aliphatic carbocycles. The Morgan fingerprint density at radius 2 is 1.80 bits per heavy atom. The summed E-state index contributed by atoms with van der Waals surface area (Å²) in [6, 6.07) is 0. The van der Waals surface area contributed by atoms with Gasteiger partial charge in [-0.1, -0.05) is 0 Å². The first-order valence-electron chi connectivity index (χ1n) is 4.94. The molecule has 0 saturated heterocycles. The van der Waals surface area contributed by atoms with Gasteiger partial charge in [-0.3, -0.25) is 4.90 Å². The third kappa shape index (κ3) is 4.22. The number of hydrogen-bond acceptors (Lipinski definition) is 6. The minimum atomic E-state index is 0.270. The standard InChI is InChI=1S/C9H20N4S2/c1-11(2)6-7-13(5)9-10-8(12(3)4)14-15-9/h8H,6-7H2,1-5H3. The van der Waals surface area contributed by atoms with Crippen LogP contribution in [0.1, 0.15) is 0 Å². The monoisotopic (exact) mass is 248 g/mol. The van der Waals surface area contributed by atoms with Crippen LogP contribution in [0.5, 0.6) is 0 Å². The molecule has 0 aromatic carbocycles. The van der Waals surface area contributed by atoms with Crippen LogP contribution in [0.3, 0.4) is 0 Å². The molecule has 15 heavy (non-hydrogen) atoms. The highest BCUT2D eigenvalue weighted by Gasteiger charge is 2.23. The SMILES string of the molecule is CN(C)CCN(C)C1=NC(N(C)C)SS1.